The first kappa shape index (κ1) is 21.5. The molecule has 3 aromatic heterocycles. The van der Waals surface area contributed by atoms with Crippen LogP contribution in [0.4, 0.5) is 20.3 Å². The van der Waals surface area contributed by atoms with Crippen LogP contribution in [0.2, 0.25) is 0 Å². The topological polar surface area (TPSA) is 89.6 Å². The van der Waals surface area contributed by atoms with Crippen LogP contribution in [0, 0.1) is 5.92 Å². The molecule has 0 aromatic carbocycles. The van der Waals surface area contributed by atoms with Crippen molar-refractivity contribution in [2.75, 3.05) is 23.4 Å². The van der Waals surface area contributed by atoms with Gasteiger partial charge in [0.05, 0.1) is 36.7 Å². The lowest BCUT2D eigenvalue weighted by molar-refractivity contribution is 0.0988. The number of fused-ring (bicyclic) bond motifs is 3. The van der Waals surface area contributed by atoms with E-state index in [1.54, 1.807) is 10.9 Å². The highest BCUT2D eigenvalue weighted by atomic mass is 19.3. The molecule has 2 aliphatic heterocycles. The Hall–Kier alpha value is -3.08. The van der Waals surface area contributed by atoms with E-state index in [1.807, 2.05) is 6.07 Å². The first-order valence-electron chi connectivity index (χ1n) is 11.9. The van der Waals surface area contributed by atoms with Crippen LogP contribution in [-0.4, -0.2) is 55.6 Å². The Morgan fingerprint density at radius 1 is 1.24 bits per heavy atom. The van der Waals surface area contributed by atoms with Gasteiger partial charge in [0.15, 0.2) is 11.3 Å². The number of carbonyl (C=O) groups excluding carboxylic acids is 1. The smallest absolute Gasteiger partial charge is 0.284 e. The van der Waals surface area contributed by atoms with Gasteiger partial charge in [-0.3, -0.25) is 9.48 Å². The van der Waals surface area contributed by atoms with Crippen LogP contribution < -0.4 is 10.2 Å². The Morgan fingerprint density at radius 3 is 2.76 bits per heavy atom. The zero-order valence-electron chi connectivity index (χ0n) is 18.9. The van der Waals surface area contributed by atoms with E-state index < -0.39 is 18.0 Å². The third kappa shape index (κ3) is 3.71. The molecule has 0 spiro atoms. The summed E-state index contributed by atoms with van der Waals surface area (Å²) < 4.78 is 36.3. The zero-order chi connectivity index (χ0) is 23.4. The average molecular weight is 472 g/mol. The molecule has 3 aliphatic rings. The van der Waals surface area contributed by atoms with Crippen molar-refractivity contribution in [3.8, 4) is 0 Å². The molecule has 2 saturated heterocycles. The predicted molar refractivity (Wildman–Crippen MR) is 120 cm³/mol. The third-order valence-electron chi connectivity index (χ3n) is 7.37. The molecule has 1 saturated carbocycles. The summed E-state index contributed by atoms with van der Waals surface area (Å²) in [7, 11) is 0. The third-order valence-corrected chi connectivity index (χ3v) is 7.37. The Balaban J connectivity index is 1.26. The number of morpholine rings is 1. The van der Waals surface area contributed by atoms with E-state index in [1.165, 1.54) is 16.9 Å². The lowest BCUT2D eigenvalue weighted by Crippen LogP contribution is -2.37. The fourth-order valence-corrected chi connectivity index (χ4v) is 5.41. The first-order valence-corrected chi connectivity index (χ1v) is 11.9. The van der Waals surface area contributed by atoms with Crippen molar-refractivity contribution in [1.29, 1.82) is 0 Å². The van der Waals surface area contributed by atoms with Crippen LogP contribution in [0.25, 0.3) is 5.65 Å². The van der Waals surface area contributed by atoms with Gasteiger partial charge in [-0.1, -0.05) is 6.92 Å². The summed E-state index contributed by atoms with van der Waals surface area (Å²) in [4.78, 5) is 20.0. The molecule has 5 heterocycles. The van der Waals surface area contributed by atoms with Crippen LogP contribution in [0.1, 0.15) is 67.5 Å². The van der Waals surface area contributed by atoms with Crippen molar-refractivity contribution < 1.29 is 18.3 Å². The van der Waals surface area contributed by atoms with E-state index in [4.69, 9.17) is 4.74 Å². The number of nitrogens with zero attached hydrogens (tertiary/aromatic N) is 6. The van der Waals surface area contributed by atoms with Crippen LogP contribution in [-0.2, 0) is 4.74 Å². The lowest BCUT2D eigenvalue weighted by Gasteiger charge is -2.27. The minimum atomic E-state index is -2.79. The second-order valence-corrected chi connectivity index (χ2v) is 9.69. The molecule has 1 N–H and O–H groups in total. The highest BCUT2D eigenvalue weighted by molar-refractivity contribution is 6.08. The predicted octanol–water partition coefficient (Wildman–Crippen LogP) is 3.84. The van der Waals surface area contributed by atoms with Gasteiger partial charge in [0, 0.05) is 18.9 Å². The lowest BCUT2D eigenvalue weighted by atomic mass is 9.87. The number of aromatic nitrogens is 5. The van der Waals surface area contributed by atoms with Crippen LogP contribution >= 0.6 is 0 Å². The summed E-state index contributed by atoms with van der Waals surface area (Å²) >= 11 is 0. The molecule has 2 atom stereocenters. The first-order chi connectivity index (χ1) is 16.5. The number of hydrogen-bond acceptors (Lipinski definition) is 6. The number of halogens is 2. The van der Waals surface area contributed by atoms with Gasteiger partial charge >= 0.3 is 0 Å². The molecule has 1 amide bonds. The monoisotopic (exact) mass is 471 g/mol. The van der Waals surface area contributed by atoms with Crippen molar-refractivity contribution in [3.63, 3.8) is 0 Å². The largest absolute Gasteiger partial charge is 0.374 e. The van der Waals surface area contributed by atoms with Crippen molar-refractivity contribution in [2.45, 2.75) is 63.6 Å². The number of amides is 1. The maximum absolute atomic E-state index is 13.7. The molecular formula is C23H27F2N7O2. The van der Waals surface area contributed by atoms with E-state index in [9.17, 15) is 13.6 Å². The van der Waals surface area contributed by atoms with Gasteiger partial charge < -0.3 is 15.0 Å². The second kappa shape index (κ2) is 8.30. The van der Waals surface area contributed by atoms with Crippen LogP contribution in [0.15, 0.2) is 24.7 Å². The molecule has 34 heavy (non-hydrogen) atoms. The Kier molecular flexibility index (Phi) is 5.23. The summed E-state index contributed by atoms with van der Waals surface area (Å²) in [6.07, 6.45) is 6.96. The summed E-state index contributed by atoms with van der Waals surface area (Å²) in [6.45, 7) is 3.64. The molecule has 3 fully saturated rings. The Morgan fingerprint density at radius 2 is 2.06 bits per heavy atom. The number of alkyl halides is 2. The molecule has 2 bridgehead atoms. The van der Waals surface area contributed by atoms with Crippen LogP contribution in [0.5, 0.6) is 0 Å². The highest BCUT2D eigenvalue weighted by Crippen LogP contribution is 2.35. The minimum Gasteiger partial charge on any atom is -0.374 e. The quantitative estimate of drug-likeness (QED) is 0.608. The van der Waals surface area contributed by atoms with Gasteiger partial charge in [-0.15, -0.1) is 0 Å². The molecule has 0 unspecified atom stereocenters. The maximum Gasteiger partial charge on any atom is 0.284 e. The van der Waals surface area contributed by atoms with Gasteiger partial charge in [-0.2, -0.15) is 10.2 Å². The van der Waals surface area contributed by atoms with E-state index >= 15 is 0 Å². The van der Waals surface area contributed by atoms with E-state index in [0.29, 0.717) is 18.2 Å². The van der Waals surface area contributed by atoms with E-state index in [-0.39, 0.29) is 29.4 Å². The normalized spacial score (nSPS) is 26.6. The van der Waals surface area contributed by atoms with Gasteiger partial charge in [-0.25, -0.2) is 18.3 Å². The minimum absolute atomic E-state index is 0.0307. The molecule has 0 radical (unpaired) electrons. The molecule has 3 aromatic rings. The number of carbonyl (C=O) groups is 1. The van der Waals surface area contributed by atoms with E-state index in [2.05, 4.69) is 32.3 Å². The fourth-order valence-electron chi connectivity index (χ4n) is 5.41. The standard InChI is InChI=1S/C23H27F2N7O2/c1-13-2-4-14(5-3-13)32-11-18(20(29-32)21(24)25)27-23(33)17-9-26-31-7-6-19(28-22(17)31)30-10-16-8-15(30)12-34-16/h6-7,9,11,13-16,21H,2-5,8,10,12H2,1H3,(H,27,33)/t13-,14-,15-,16-/m0/s1. The summed E-state index contributed by atoms with van der Waals surface area (Å²) in [5, 5.41) is 11.0. The second-order valence-electron chi connectivity index (χ2n) is 9.69. The fraction of sp³-hybridized carbons (Fsp3) is 0.565. The molecule has 11 heteroatoms. The number of ether oxygens (including phenoxy) is 1. The Bertz CT molecular complexity index is 1220. The molecule has 180 valence electrons. The molecule has 6 rings (SSSR count). The van der Waals surface area contributed by atoms with Crippen molar-refractivity contribution in [2.24, 2.45) is 5.92 Å². The highest BCUT2D eigenvalue weighted by Gasteiger charge is 2.39. The van der Waals surface area contributed by atoms with Crippen molar-refractivity contribution in [3.05, 3.63) is 35.9 Å². The van der Waals surface area contributed by atoms with Gasteiger partial charge in [0.1, 0.15) is 11.4 Å². The number of anilines is 2. The summed E-state index contributed by atoms with van der Waals surface area (Å²) in [6, 6.07) is 2.22. The van der Waals surface area contributed by atoms with Crippen LogP contribution in [0.3, 0.4) is 0 Å². The summed E-state index contributed by atoms with van der Waals surface area (Å²) in [5.41, 5.74) is 0.223. The molecule has 9 nitrogen and oxygen atoms in total. The Labute approximate surface area is 195 Å². The van der Waals surface area contributed by atoms with Crippen molar-refractivity contribution >= 4 is 23.1 Å². The number of hydrogen-bond donors (Lipinski definition) is 1. The summed E-state index contributed by atoms with van der Waals surface area (Å²) in [5.74, 6) is 0.854. The van der Waals surface area contributed by atoms with E-state index in [0.717, 1.165) is 44.5 Å². The number of rotatable bonds is 5. The SMILES string of the molecule is C[C@H]1CC[C@H](n2cc(NC(=O)c3cnn4ccc(N5C[C@@H]6C[C@H]5CO6)nc34)c(C(F)F)n2)CC1. The van der Waals surface area contributed by atoms with Gasteiger partial charge in [0.2, 0.25) is 0 Å². The van der Waals surface area contributed by atoms with Crippen molar-refractivity contribution in [1.82, 2.24) is 24.4 Å². The maximum atomic E-state index is 13.7. The average Bonchev–Trinajstić information content (AvgIpc) is 3.61. The van der Waals surface area contributed by atoms with Gasteiger partial charge in [0.25, 0.3) is 12.3 Å². The van der Waals surface area contributed by atoms with Gasteiger partial charge in [-0.05, 0) is 44.1 Å². The number of nitrogens with one attached hydrogen (secondary N) is 1. The molecular weight excluding hydrogens is 444 g/mol. The molecule has 1 aliphatic carbocycles. The zero-order valence-corrected chi connectivity index (χ0v) is 18.9.